The standard InChI is InChI=1S/C19H23N3O3/c1-3-24-15-6-7-17-13(9-15)8-14(11-25-17)19(23)20-16-10-22(2)21-18(16)12-4-5-12/h6-7,9-10,12,14H,3-5,8,11H2,1-2H3,(H,20,23). The van der Waals surface area contributed by atoms with Crippen molar-refractivity contribution in [2.75, 3.05) is 18.5 Å². The van der Waals surface area contributed by atoms with Crippen LogP contribution < -0.4 is 14.8 Å². The van der Waals surface area contributed by atoms with E-state index < -0.39 is 0 Å². The third kappa shape index (κ3) is 3.34. The molecule has 1 aromatic heterocycles. The van der Waals surface area contributed by atoms with Gasteiger partial charge in [-0.25, -0.2) is 0 Å². The second kappa shape index (κ2) is 6.43. The van der Waals surface area contributed by atoms with Crippen molar-refractivity contribution in [1.29, 1.82) is 0 Å². The summed E-state index contributed by atoms with van der Waals surface area (Å²) in [6.45, 7) is 2.97. The molecule has 0 saturated heterocycles. The number of aromatic nitrogens is 2. The largest absolute Gasteiger partial charge is 0.494 e. The topological polar surface area (TPSA) is 65.4 Å². The fraction of sp³-hybridized carbons (Fsp3) is 0.474. The van der Waals surface area contributed by atoms with Gasteiger partial charge in [0.25, 0.3) is 0 Å². The van der Waals surface area contributed by atoms with Gasteiger partial charge in [-0.2, -0.15) is 5.10 Å². The number of aryl methyl sites for hydroxylation is 1. The van der Waals surface area contributed by atoms with E-state index in [1.165, 1.54) is 0 Å². The molecule has 0 radical (unpaired) electrons. The Morgan fingerprint density at radius 2 is 2.28 bits per heavy atom. The van der Waals surface area contributed by atoms with Crippen molar-refractivity contribution in [3.8, 4) is 11.5 Å². The van der Waals surface area contributed by atoms with E-state index in [-0.39, 0.29) is 11.8 Å². The van der Waals surface area contributed by atoms with E-state index in [4.69, 9.17) is 9.47 Å². The van der Waals surface area contributed by atoms with Crippen LogP contribution in [-0.2, 0) is 18.3 Å². The van der Waals surface area contributed by atoms with E-state index in [0.717, 1.165) is 41.3 Å². The molecule has 1 amide bonds. The Kier molecular flexibility index (Phi) is 4.11. The van der Waals surface area contributed by atoms with Crippen molar-refractivity contribution in [2.45, 2.75) is 32.1 Å². The van der Waals surface area contributed by atoms with Crippen LogP contribution in [0.4, 0.5) is 5.69 Å². The van der Waals surface area contributed by atoms with Crippen molar-refractivity contribution >= 4 is 11.6 Å². The summed E-state index contributed by atoms with van der Waals surface area (Å²) >= 11 is 0. The minimum Gasteiger partial charge on any atom is -0.494 e. The predicted octanol–water partition coefficient (Wildman–Crippen LogP) is 2.89. The molecule has 1 N–H and O–H groups in total. The van der Waals surface area contributed by atoms with Crippen molar-refractivity contribution in [1.82, 2.24) is 9.78 Å². The molecular weight excluding hydrogens is 318 g/mol. The minimum atomic E-state index is -0.211. The van der Waals surface area contributed by atoms with E-state index in [1.807, 2.05) is 38.4 Å². The van der Waals surface area contributed by atoms with Gasteiger partial charge in [0.1, 0.15) is 18.1 Å². The Balaban J connectivity index is 1.47. The van der Waals surface area contributed by atoms with Gasteiger partial charge in [-0.15, -0.1) is 0 Å². The zero-order chi connectivity index (χ0) is 17.4. The molecule has 2 aliphatic rings. The molecule has 1 saturated carbocycles. The van der Waals surface area contributed by atoms with E-state index in [9.17, 15) is 4.79 Å². The molecule has 1 aliphatic carbocycles. The molecule has 6 heteroatoms. The van der Waals surface area contributed by atoms with Crippen LogP contribution in [0.5, 0.6) is 11.5 Å². The van der Waals surface area contributed by atoms with Crippen LogP contribution in [0.25, 0.3) is 0 Å². The SMILES string of the molecule is CCOc1ccc2c(c1)CC(C(=O)Nc1cn(C)nc1C1CC1)CO2. The molecule has 1 fully saturated rings. The average Bonchev–Trinajstić information content (AvgIpc) is 3.38. The summed E-state index contributed by atoms with van der Waals surface area (Å²) in [7, 11) is 1.89. The smallest absolute Gasteiger partial charge is 0.231 e. The highest BCUT2D eigenvalue weighted by molar-refractivity contribution is 5.93. The fourth-order valence-corrected chi connectivity index (χ4v) is 3.29. The lowest BCUT2D eigenvalue weighted by molar-refractivity contribution is -0.121. The number of nitrogens with one attached hydrogen (secondary N) is 1. The summed E-state index contributed by atoms with van der Waals surface area (Å²) in [5.74, 6) is 1.93. The minimum absolute atomic E-state index is 0.0117. The number of carbonyl (C=O) groups excluding carboxylic acids is 1. The number of rotatable bonds is 5. The van der Waals surface area contributed by atoms with Crippen LogP contribution in [0, 0.1) is 5.92 Å². The number of fused-ring (bicyclic) bond motifs is 1. The van der Waals surface area contributed by atoms with Crippen LogP contribution in [0.1, 0.15) is 36.9 Å². The lowest BCUT2D eigenvalue weighted by atomic mass is 9.95. The molecule has 25 heavy (non-hydrogen) atoms. The molecule has 2 aromatic rings. The van der Waals surface area contributed by atoms with Crippen LogP contribution >= 0.6 is 0 Å². The maximum Gasteiger partial charge on any atom is 0.231 e. The first-order valence-electron chi connectivity index (χ1n) is 8.87. The number of amides is 1. The molecule has 4 rings (SSSR count). The van der Waals surface area contributed by atoms with Gasteiger partial charge in [0.2, 0.25) is 5.91 Å². The summed E-state index contributed by atoms with van der Waals surface area (Å²) in [6, 6.07) is 5.79. The van der Waals surface area contributed by atoms with Gasteiger partial charge in [0.05, 0.1) is 23.9 Å². The Labute approximate surface area is 147 Å². The summed E-state index contributed by atoms with van der Waals surface area (Å²) in [4.78, 5) is 12.7. The summed E-state index contributed by atoms with van der Waals surface area (Å²) < 4.78 is 13.1. The van der Waals surface area contributed by atoms with E-state index in [1.54, 1.807) is 4.68 Å². The Bertz CT molecular complexity index is 795. The highest BCUT2D eigenvalue weighted by Crippen LogP contribution is 2.42. The lowest BCUT2D eigenvalue weighted by Crippen LogP contribution is -2.32. The van der Waals surface area contributed by atoms with E-state index >= 15 is 0 Å². The third-order valence-electron chi connectivity index (χ3n) is 4.70. The summed E-state index contributed by atoms with van der Waals surface area (Å²) in [5, 5.41) is 7.55. The average molecular weight is 341 g/mol. The number of benzene rings is 1. The van der Waals surface area contributed by atoms with Gasteiger partial charge in [-0.05, 0) is 49.9 Å². The van der Waals surface area contributed by atoms with Crippen LogP contribution in [0.15, 0.2) is 24.4 Å². The normalized spacial score (nSPS) is 19.0. The number of carbonyl (C=O) groups is 1. The second-order valence-electron chi connectivity index (χ2n) is 6.78. The molecule has 1 aliphatic heterocycles. The van der Waals surface area contributed by atoms with E-state index in [2.05, 4.69) is 10.4 Å². The van der Waals surface area contributed by atoms with Gasteiger partial charge < -0.3 is 14.8 Å². The highest BCUT2D eigenvalue weighted by atomic mass is 16.5. The molecule has 1 aromatic carbocycles. The van der Waals surface area contributed by atoms with Crippen molar-refractivity contribution < 1.29 is 14.3 Å². The highest BCUT2D eigenvalue weighted by Gasteiger charge is 2.32. The maximum absolute atomic E-state index is 12.7. The molecular formula is C19H23N3O3. The van der Waals surface area contributed by atoms with Gasteiger partial charge in [0, 0.05) is 19.2 Å². The van der Waals surface area contributed by atoms with Crippen LogP contribution in [-0.4, -0.2) is 28.9 Å². The summed E-state index contributed by atoms with van der Waals surface area (Å²) in [5.41, 5.74) is 2.86. The quantitative estimate of drug-likeness (QED) is 0.908. The zero-order valence-electron chi connectivity index (χ0n) is 14.6. The van der Waals surface area contributed by atoms with E-state index in [0.29, 0.717) is 25.6 Å². The fourth-order valence-electron chi connectivity index (χ4n) is 3.29. The third-order valence-corrected chi connectivity index (χ3v) is 4.70. The van der Waals surface area contributed by atoms with Gasteiger partial charge >= 0.3 is 0 Å². The molecule has 0 spiro atoms. The van der Waals surface area contributed by atoms with Gasteiger partial charge in [-0.1, -0.05) is 0 Å². The number of hydrogen-bond donors (Lipinski definition) is 1. The molecule has 2 heterocycles. The number of hydrogen-bond acceptors (Lipinski definition) is 4. The first kappa shape index (κ1) is 16.0. The molecule has 6 nitrogen and oxygen atoms in total. The van der Waals surface area contributed by atoms with Crippen LogP contribution in [0.2, 0.25) is 0 Å². The second-order valence-corrected chi connectivity index (χ2v) is 6.78. The first-order valence-corrected chi connectivity index (χ1v) is 8.87. The maximum atomic E-state index is 12.7. The Morgan fingerprint density at radius 3 is 3.04 bits per heavy atom. The monoisotopic (exact) mass is 341 g/mol. The first-order chi connectivity index (χ1) is 12.1. The zero-order valence-corrected chi connectivity index (χ0v) is 14.6. The number of ether oxygens (including phenoxy) is 2. The Morgan fingerprint density at radius 1 is 1.44 bits per heavy atom. The van der Waals surface area contributed by atoms with Gasteiger partial charge in [-0.3, -0.25) is 9.48 Å². The molecule has 1 atom stereocenters. The van der Waals surface area contributed by atoms with Crippen LogP contribution in [0.3, 0.4) is 0 Å². The molecule has 132 valence electrons. The van der Waals surface area contributed by atoms with Crippen molar-refractivity contribution in [3.63, 3.8) is 0 Å². The Hall–Kier alpha value is -2.50. The predicted molar refractivity (Wildman–Crippen MR) is 94.1 cm³/mol. The molecule has 1 unspecified atom stereocenters. The number of nitrogens with zero attached hydrogens (tertiary/aromatic N) is 2. The lowest BCUT2D eigenvalue weighted by Gasteiger charge is -2.25. The van der Waals surface area contributed by atoms with Crippen molar-refractivity contribution in [3.05, 3.63) is 35.7 Å². The van der Waals surface area contributed by atoms with Gasteiger partial charge in [0.15, 0.2) is 0 Å². The van der Waals surface area contributed by atoms with Crippen molar-refractivity contribution in [2.24, 2.45) is 13.0 Å². The summed E-state index contributed by atoms with van der Waals surface area (Å²) in [6.07, 6.45) is 4.84. The number of anilines is 1. The molecule has 0 bridgehead atoms.